The average molecular weight is 673 g/mol. The van der Waals surface area contributed by atoms with E-state index in [0.717, 1.165) is 47.0 Å². The normalized spacial score (nSPS) is 18.0. The van der Waals surface area contributed by atoms with Crippen LogP contribution < -0.4 is 15.2 Å². The van der Waals surface area contributed by atoms with Gasteiger partial charge in [-0.05, 0) is 62.9 Å². The van der Waals surface area contributed by atoms with Crippen LogP contribution in [0.2, 0.25) is 0 Å². The zero-order chi connectivity index (χ0) is 34.8. The van der Waals surface area contributed by atoms with Gasteiger partial charge in [0.15, 0.2) is 11.3 Å². The van der Waals surface area contributed by atoms with Gasteiger partial charge in [0.1, 0.15) is 24.6 Å². The molecule has 0 radical (unpaired) electrons. The lowest BCUT2D eigenvalue weighted by atomic mass is 10.0. The molecule has 0 saturated carbocycles. The Hall–Kier alpha value is -5.54. The predicted molar refractivity (Wildman–Crippen MR) is 191 cm³/mol. The molecule has 2 aromatic heterocycles. The van der Waals surface area contributed by atoms with E-state index in [-0.39, 0.29) is 42.7 Å². The van der Waals surface area contributed by atoms with Crippen molar-refractivity contribution in [2.45, 2.75) is 51.8 Å². The van der Waals surface area contributed by atoms with E-state index in [9.17, 15) is 14.9 Å². The molecule has 1 amide bonds. The number of carbonyl (C=O) groups is 1. The van der Waals surface area contributed by atoms with Crippen LogP contribution in [0.15, 0.2) is 71.5 Å². The Morgan fingerprint density at radius 3 is 2.50 bits per heavy atom. The quantitative estimate of drug-likeness (QED) is 0.218. The maximum absolute atomic E-state index is 14.5. The lowest BCUT2D eigenvalue weighted by molar-refractivity contribution is 0.0768. The van der Waals surface area contributed by atoms with Gasteiger partial charge in [-0.3, -0.25) is 9.36 Å². The first-order valence-corrected chi connectivity index (χ1v) is 17.0. The highest BCUT2D eigenvalue weighted by Gasteiger charge is 2.34. The van der Waals surface area contributed by atoms with Gasteiger partial charge in [0.05, 0.1) is 24.2 Å². The van der Waals surface area contributed by atoms with Gasteiger partial charge < -0.3 is 24.2 Å². The Morgan fingerprint density at radius 1 is 0.940 bits per heavy atom. The third-order valence-corrected chi connectivity index (χ3v) is 9.81. The Balaban J connectivity index is 1.27. The lowest BCUT2D eigenvalue weighted by Gasteiger charge is -2.40. The largest absolute Gasteiger partial charge is 0.462 e. The van der Waals surface area contributed by atoms with Crippen LogP contribution in [0.4, 0.5) is 10.6 Å². The highest BCUT2D eigenvalue weighted by atomic mass is 16.6. The number of likely N-dealkylation sites (tertiary alicyclic amines) is 1. The molecule has 2 fully saturated rings. The summed E-state index contributed by atoms with van der Waals surface area (Å²) in [6, 6.07) is 23.5. The monoisotopic (exact) mass is 672 g/mol. The van der Waals surface area contributed by atoms with E-state index < -0.39 is 12.1 Å². The first kappa shape index (κ1) is 33.0. The molecule has 2 aliphatic heterocycles. The zero-order valence-corrected chi connectivity index (χ0v) is 28.6. The van der Waals surface area contributed by atoms with Gasteiger partial charge in [0.25, 0.3) is 5.56 Å². The molecule has 0 aliphatic carbocycles. The highest BCUT2D eigenvalue weighted by Crippen LogP contribution is 2.30. The van der Waals surface area contributed by atoms with Crippen LogP contribution in [0, 0.1) is 25.2 Å². The van der Waals surface area contributed by atoms with E-state index in [1.54, 1.807) is 16.4 Å². The van der Waals surface area contributed by atoms with Crippen LogP contribution in [0.5, 0.6) is 6.01 Å². The molecule has 12 nitrogen and oxygen atoms in total. The van der Waals surface area contributed by atoms with Crippen LogP contribution in [-0.2, 0) is 11.3 Å². The first-order chi connectivity index (χ1) is 24.3. The van der Waals surface area contributed by atoms with Crippen LogP contribution >= 0.6 is 0 Å². The maximum Gasteiger partial charge on any atom is 0.410 e. The number of hydrogen-bond acceptors (Lipinski definition) is 10. The molecule has 0 bridgehead atoms. The number of carbonyl (C=O) groups excluding carboxylic acids is 1. The van der Waals surface area contributed by atoms with Crippen LogP contribution in [0.1, 0.15) is 36.2 Å². The summed E-state index contributed by atoms with van der Waals surface area (Å²) in [6.07, 6.45) is 1.71. The van der Waals surface area contributed by atoms with E-state index >= 15 is 0 Å². The Bertz CT molecular complexity index is 2140. The number of hydrogen-bond donors (Lipinski definition) is 0. The minimum atomic E-state index is -0.478. The van der Waals surface area contributed by atoms with Gasteiger partial charge in [0, 0.05) is 31.1 Å². The summed E-state index contributed by atoms with van der Waals surface area (Å²) in [5.41, 5.74) is 2.81. The minimum Gasteiger partial charge on any atom is -0.462 e. The summed E-state index contributed by atoms with van der Waals surface area (Å²) in [7, 11) is 2.07. The molecule has 50 heavy (non-hydrogen) atoms. The number of aryl methyl sites for hydroxylation is 2. The zero-order valence-electron chi connectivity index (χ0n) is 28.6. The van der Waals surface area contributed by atoms with Gasteiger partial charge in [-0.15, -0.1) is 0 Å². The topological polar surface area (TPSA) is 130 Å². The summed E-state index contributed by atoms with van der Waals surface area (Å²) >= 11 is 0. The van der Waals surface area contributed by atoms with Crippen molar-refractivity contribution >= 4 is 33.7 Å². The Kier molecular flexibility index (Phi) is 9.32. The number of likely N-dealkylation sites (N-methyl/N-ethyl adjacent to an activating group) is 1. The number of benzene rings is 3. The second kappa shape index (κ2) is 14.1. The fourth-order valence-electron chi connectivity index (χ4n) is 7.13. The molecule has 7 rings (SSSR count). The van der Waals surface area contributed by atoms with E-state index in [0.29, 0.717) is 36.9 Å². The summed E-state index contributed by atoms with van der Waals surface area (Å²) in [6.45, 7) is 6.31. The molecule has 0 N–H and O–H groups in total. The van der Waals surface area contributed by atoms with Gasteiger partial charge >= 0.3 is 12.1 Å². The number of aromatic nitrogens is 4. The van der Waals surface area contributed by atoms with Crippen molar-refractivity contribution in [2.24, 2.45) is 0 Å². The minimum absolute atomic E-state index is 0.0943. The van der Waals surface area contributed by atoms with Crippen molar-refractivity contribution in [3.8, 4) is 17.8 Å². The number of nitrogens with zero attached hydrogens (tertiary/aromatic N) is 8. The van der Waals surface area contributed by atoms with Crippen LogP contribution in [0.3, 0.4) is 0 Å². The van der Waals surface area contributed by atoms with Crippen molar-refractivity contribution in [3.63, 3.8) is 0 Å². The fraction of sp³-hybridized carbons (Fsp3) is 0.368. The molecule has 0 spiro atoms. The van der Waals surface area contributed by atoms with Gasteiger partial charge in [-0.2, -0.15) is 15.2 Å². The second-order valence-electron chi connectivity index (χ2n) is 13.1. The lowest BCUT2D eigenvalue weighted by Crippen LogP contribution is -2.55. The summed E-state index contributed by atoms with van der Waals surface area (Å²) in [5.74, 6) is 0.924. The van der Waals surface area contributed by atoms with Gasteiger partial charge in [-0.1, -0.05) is 60.7 Å². The molecular formula is C38H40N8O4. The Labute approximate surface area is 290 Å². The van der Waals surface area contributed by atoms with Crippen LogP contribution in [0.25, 0.3) is 27.5 Å². The number of nitriles is 1. The van der Waals surface area contributed by atoms with Crippen LogP contribution in [-0.4, -0.2) is 87.3 Å². The standard InChI is InChI=1S/C38H40N8O4/c1-25-10-7-13-28-14-8-16-31(32(25)28)46-26(2)40-33-34(36(46)47)41-37(49-24-30-15-9-19-43(30)3)42-35(33)44-20-21-45(29(22-44)17-18-39)38(48)50-23-27-11-5-4-6-12-27/h4-8,10-14,16,29-30H,9,15,17,19-24H2,1-3H3/t29-,30?/m0/s1. The van der Waals surface area contributed by atoms with Crippen molar-refractivity contribution in [3.05, 3.63) is 94.0 Å². The Morgan fingerprint density at radius 2 is 1.74 bits per heavy atom. The first-order valence-electron chi connectivity index (χ1n) is 17.0. The number of anilines is 1. The summed E-state index contributed by atoms with van der Waals surface area (Å²) in [4.78, 5) is 48.1. The van der Waals surface area contributed by atoms with E-state index in [1.807, 2.05) is 78.6 Å². The molecule has 256 valence electrons. The fourth-order valence-corrected chi connectivity index (χ4v) is 7.13. The van der Waals surface area contributed by atoms with Gasteiger partial charge in [-0.25, -0.2) is 9.78 Å². The third kappa shape index (κ3) is 6.44. The maximum atomic E-state index is 14.5. The third-order valence-electron chi connectivity index (χ3n) is 9.81. The van der Waals surface area contributed by atoms with E-state index in [4.69, 9.17) is 19.4 Å². The van der Waals surface area contributed by atoms with Gasteiger partial charge in [0.2, 0.25) is 0 Å². The average Bonchev–Trinajstić information content (AvgIpc) is 3.54. The molecule has 2 aliphatic rings. The SMILES string of the molecule is Cc1cccc2cccc(-n3c(C)nc4c(N5CCN(C(=O)OCc6ccccc6)[C@@H](CC#N)C5)nc(OCC5CCCN5C)nc4c3=O)c12. The summed E-state index contributed by atoms with van der Waals surface area (Å²) in [5, 5.41) is 11.7. The molecular weight excluding hydrogens is 632 g/mol. The van der Waals surface area contributed by atoms with Crippen molar-refractivity contribution < 1.29 is 14.3 Å². The number of ether oxygens (including phenoxy) is 2. The molecule has 2 saturated heterocycles. The number of amides is 1. The molecule has 2 atom stereocenters. The molecule has 5 aromatic rings. The molecule has 4 heterocycles. The molecule has 12 heteroatoms. The number of piperazine rings is 1. The van der Waals surface area contributed by atoms with Crippen molar-refractivity contribution in [1.29, 1.82) is 5.26 Å². The van der Waals surface area contributed by atoms with Crippen molar-refractivity contribution in [2.75, 3.05) is 44.7 Å². The van der Waals surface area contributed by atoms with E-state index in [1.165, 1.54) is 0 Å². The van der Waals surface area contributed by atoms with E-state index in [2.05, 4.69) is 23.0 Å². The number of fused-ring (bicyclic) bond motifs is 2. The number of rotatable bonds is 8. The molecule has 3 aromatic carbocycles. The second-order valence-corrected chi connectivity index (χ2v) is 13.1. The summed E-state index contributed by atoms with van der Waals surface area (Å²) < 4.78 is 13.5. The van der Waals surface area contributed by atoms with Crippen molar-refractivity contribution in [1.82, 2.24) is 29.3 Å². The predicted octanol–water partition coefficient (Wildman–Crippen LogP) is 5.16. The smallest absolute Gasteiger partial charge is 0.410 e. The highest BCUT2D eigenvalue weighted by molar-refractivity contribution is 5.94. The molecule has 1 unspecified atom stereocenters.